The van der Waals surface area contributed by atoms with Crippen molar-refractivity contribution >= 4 is 12.4 Å². The molecule has 0 amide bonds. The average molecular weight is 284 g/mol. The van der Waals surface area contributed by atoms with Gasteiger partial charge in [-0.05, 0) is 20.9 Å². The van der Waals surface area contributed by atoms with Crippen molar-refractivity contribution < 1.29 is 8.78 Å². The molecule has 0 aliphatic heterocycles. The van der Waals surface area contributed by atoms with Crippen LogP contribution in [0.15, 0.2) is 6.33 Å². The van der Waals surface area contributed by atoms with Crippen LogP contribution in [-0.4, -0.2) is 45.2 Å². The van der Waals surface area contributed by atoms with Gasteiger partial charge in [0.2, 0.25) is 0 Å². The molecule has 0 bridgehead atoms. The predicted octanol–water partition coefficient (Wildman–Crippen LogP) is 1.13. The highest BCUT2D eigenvalue weighted by molar-refractivity contribution is 5.85. The van der Waals surface area contributed by atoms with Gasteiger partial charge in [-0.2, -0.15) is 5.10 Å². The van der Waals surface area contributed by atoms with Crippen molar-refractivity contribution in [3.8, 4) is 0 Å². The van der Waals surface area contributed by atoms with Gasteiger partial charge < -0.3 is 5.73 Å². The highest BCUT2D eigenvalue weighted by Crippen LogP contribution is 2.06. The minimum absolute atomic E-state index is 0. The molecule has 0 aliphatic carbocycles. The van der Waals surface area contributed by atoms with E-state index in [4.69, 9.17) is 5.73 Å². The Labute approximate surface area is 112 Å². The lowest BCUT2D eigenvalue weighted by atomic mass is 10.1. The van der Waals surface area contributed by atoms with Gasteiger partial charge in [0.1, 0.15) is 18.7 Å². The number of nitrogens with two attached hydrogens (primary N) is 1. The van der Waals surface area contributed by atoms with Crippen LogP contribution < -0.4 is 5.73 Å². The number of alkyl halides is 2. The van der Waals surface area contributed by atoms with Gasteiger partial charge in [0, 0.05) is 12.1 Å². The summed E-state index contributed by atoms with van der Waals surface area (Å²) < 4.78 is 25.8. The first-order chi connectivity index (χ1) is 7.78. The quantitative estimate of drug-likeness (QED) is 0.850. The fourth-order valence-electron chi connectivity index (χ4n) is 1.69. The third kappa shape index (κ3) is 6.23. The van der Waals surface area contributed by atoms with Gasteiger partial charge in [-0.25, -0.2) is 18.4 Å². The number of aromatic nitrogens is 3. The van der Waals surface area contributed by atoms with Crippen LogP contribution in [0.25, 0.3) is 0 Å². The Morgan fingerprint density at radius 3 is 2.61 bits per heavy atom. The van der Waals surface area contributed by atoms with E-state index in [1.54, 1.807) is 0 Å². The summed E-state index contributed by atoms with van der Waals surface area (Å²) in [5.74, 6) is 0.525. The Balaban J connectivity index is 0.00000289. The van der Waals surface area contributed by atoms with Gasteiger partial charge in [-0.15, -0.1) is 12.4 Å². The molecule has 1 aromatic heterocycles. The molecule has 0 radical (unpaired) electrons. The van der Waals surface area contributed by atoms with Crippen molar-refractivity contribution in [2.45, 2.75) is 38.9 Å². The number of nitrogens with zero attached hydrogens (tertiary/aromatic N) is 4. The standard InChI is InChI=1S/C10H19F2N5.ClH/c1-10(2,13)6-16(3)5-9-14-7-15-17(9)4-8(11)12;/h7-8H,4-6,13H2,1-3H3;1H. The molecular formula is C10H20ClF2N5. The highest BCUT2D eigenvalue weighted by atomic mass is 35.5. The lowest BCUT2D eigenvalue weighted by molar-refractivity contribution is 0.118. The first-order valence-electron chi connectivity index (χ1n) is 5.40. The molecular weight excluding hydrogens is 264 g/mol. The minimum atomic E-state index is -2.42. The van der Waals surface area contributed by atoms with Crippen LogP contribution in [0.5, 0.6) is 0 Å². The van der Waals surface area contributed by atoms with Gasteiger partial charge in [0.05, 0.1) is 6.54 Å². The topological polar surface area (TPSA) is 60.0 Å². The fraction of sp³-hybridized carbons (Fsp3) is 0.800. The Hall–Kier alpha value is -0.790. The molecule has 0 saturated heterocycles. The van der Waals surface area contributed by atoms with Crippen LogP contribution in [0, 0.1) is 0 Å². The van der Waals surface area contributed by atoms with E-state index in [0.717, 1.165) is 0 Å². The summed E-state index contributed by atoms with van der Waals surface area (Å²) in [5.41, 5.74) is 5.55. The van der Waals surface area contributed by atoms with E-state index in [1.807, 2.05) is 25.8 Å². The summed E-state index contributed by atoms with van der Waals surface area (Å²) in [6, 6.07) is 0. The first-order valence-corrected chi connectivity index (χ1v) is 5.40. The minimum Gasteiger partial charge on any atom is -0.324 e. The molecule has 5 nitrogen and oxygen atoms in total. The zero-order valence-corrected chi connectivity index (χ0v) is 11.6. The number of hydrogen-bond donors (Lipinski definition) is 1. The van der Waals surface area contributed by atoms with E-state index in [1.165, 1.54) is 11.0 Å². The van der Waals surface area contributed by atoms with Crippen LogP contribution in [0.2, 0.25) is 0 Å². The van der Waals surface area contributed by atoms with Gasteiger partial charge in [0.25, 0.3) is 6.43 Å². The van der Waals surface area contributed by atoms with Crippen LogP contribution in [0.4, 0.5) is 8.78 Å². The Kier molecular flexibility index (Phi) is 6.66. The van der Waals surface area contributed by atoms with E-state index >= 15 is 0 Å². The van der Waals surface area contributed by atoms with Crippen molar-refractivity contribution in [1.29, 1.82) is 0 Å². The molecule has 18 heavy (non-hydrogen) atoms. The molecule has 1 aromatic rings. The molecule has 1 heterocycles. The van der Waals surface area contributed by atoms with Crippen LogP contribution in [-0.2, 0) is 13.1 Å². The Bertz CT molecular complexity index is 350. The second-order valence-electron chi connectivity index (χ2n) is 4.91. The Morgan fingerprint density at radius 2 is 2.11 bits per heavy atom. The van der Waals surface area contributed by atoms with Crippen molar-refractivity contribution in [1.82, 2.24) is 19.7 Å². The molecule has 106 valence electrons. The summed E-state index contributed by atoms with van der Waals surface area (Å²) in [7, 11) is 1.87. The maximum Gasteiger partial charge on any atom is 0.257 e. The molecule has 0 fully saturated rings. The molecule has 0 spiro atoms. The molecule has 0 unspecified atom stereocenters. The molecule has 0 saturated carbocycles. The normalized spacial score (nSPS) is 12.0. The molecule has 0 aromatic carbocycles. The molecule has 1 rings (SSSR count). The molecule has 8 heteroatoms. The van der Waals surface area contributed by atoms with Crippen LogP contribution in [0.3, 0.4) is 0 Å². The summed E-state index contributed by atoms with van der Waals surface area (Å²) in [6.45, 7) is 4.50. The summed E-state index contributed by atoms with van der Waals surface area (Å²) in [6.07, 6.45) is -1.13. The van der Waals surface area contributed by atoms with Crippen molar-refractivity contribution in [2.24, 2.45) is 5.73 Å². The van der Waals surface area contributed by atoms with Crippen molar-refractivity contribution in [3.05, 3.63) is 12.2 Å². The second-order valence-corrected chi connectivity index (χ2v) is 4.91. The smallest absolute Gasteiger partial charge is 0.257 e. The van der Waals surface area contributed by atoms with E-state index in [0.29, 0.717) is 18.9 Å². The van der Waals surface area contributed by atoms with Crippen LogP contribution >= 0.6 is 12.4 Å². The van der Waals surface area contributed by atoms with Crippen molar-refractivity contribution in [2.75, 3.05) is 13.6 Å². The first kappa shape index (κ1) is 17.2. The predicted molar refractivity (Wildman–Crippen MR) is 67.9 cm³/mol. The average Bonchev–Trinajstić information content (AvgIpc) is 2.47. The van der Waals surface area contributed by atoms with E-state index < -0.39 is 13.0 Å². The highest BCUT2D eigenvalue weighted by Gasteiger charge is 2.17. The number of halogens is 3. The number of rotatable bonds is 6. The largest absolute Gasteiger partial charge is 0.324 e. The second kappa shape index (κ2) is 6.96. The van der Waals surface area contributed by atoms with E-state index in [2.05, 4.69) is 10.1 Å². The van der Waals surface area contributed by atoms with Gasteiger partial charge in [-0.3, -0.25) is 4.90 Å². The van der Waals surface area contributed by atoms with E-state index in [-0.39, 0.29) is 17.9 Å². The zero-order chi connectivity index (χ0) is 13.1. The summed E-state index contributed by atoms with van der Waals surface area (Å²) in [4.78, 5) is 5.91. The molecule has 0 aliphatic rings. The number of hydrogen-bond acceptors (Lipinski definition) is 4. The van der Waals surface area contributed by atoms with E-state index in [9.17, 15) is 8.78 Å². The molecule has 2 N–H and O–H groups in total. The third-order valence-electron chi connectivity index (χ3n) is 2.10. The summed E-state index contributed by atoms with van der Waals surface area (Å²) in [5, 5.41) is 3.77. The number of likely N-dealkylation sites (N-methyl/N-ethyl adjacent to an activating group) is 1. The zero-order valence-electron chi connectivity index (χ0n) is 10.8. The summed E-state index contributed by atoms with van der Waals surface area (Å²) >= 11 is 0. The fourth-order valence-corrected chi connectivity index (χ4v) is 1.69. The monoisotopic (exact) mass is 283 g/mol. The maximum absolute atomic E-state index is 12.3. The van der Waals surface area contributed by atoms with Gasteiger partial charge >= 0.3 is 0 Å². The lowest BCUT2D eigenvalue weighted by Crippen LogP contribution is -2.43. The SMILES string of the molecule is CN(Cc1ncnn1CC(F)F)CC(C)(C)N.Cl. The van der Waals surface area contributed by atoms with Crippen molar-refractivity contribution in [3.63, 3.8) is 0 Å². The Morgan fingerprint density at radius 1 is 1.50 bits per heavy atom. The third-order valence-corrected chi connectivity index (χ3v) is 2.10. The van der Waals surface area contributed by atoms with Gasteiger partial charge in [-0.1, -0.05) is 0 Å². The maximum atomic E-state index is 12.3. The van der Waals surface area contributed by atoms with Gasteiger partial charge in [0.15, 0.2) is 0 Å². The molecule has 0 atom stereocenters. The van der Waals surface area contributed by atoms with Crippen LogP contribution in [0.1, 0.15) is 19.7 Å². The lowest BCUT2D eigenvalue weighted by Gasteiger charge is -2.26.